The lowest BCUT2D eigenvalue weighted by Gasteiger charge is -2.26. The average Bonchev–Trinajstić information content (AvgIpc) is 2.54. The molecule has 1 nitrogen and oxygen atoms in total. The Hall–Kier alpha value is -0.820. The van der Waals surface area contributed by atoms with Crippen LogP contribution in [0.15, 0.2) is 18.2 Å². The highest BCUT2D eigenvalue weighted by Gasteiger charge is 2.37. The Bertz CT molecular complexity index is 400. The number of hydrogen-bond donors (Lipinski definition) is 1. The van der Waals surface area contributed by atoms with Crippen molar-refractivity contribution in [2.75, 3.05) is 13.1 Å². The van der Waals surface area contributed by atoms with Crippen LogP contribution in [0.25, 0.3) is 0 Å². The average molecular weight is 229 g/mol. The summed E-state index contributed by atoms with van der Waals surface area (Å²) in [5, 5.41) is 3.55. The van der Waals surface area contributed by atoms with Gasteiger partial charge in [0, 0.05) is 0 Å². The zero-order chi connectivity index (χ0) is 11.7. The van der Waals surface area contributed by atoms with Gasteiger partial charge in [-0.2, -0.15) is 0 Å². The van der Waals surface area contributed by atoms with E-state index in [2.05, 4.69) is 30.4 Å². The molecule has 1 fully saturated rings. The molecule has 3 rings (SSSR count). The fourth-order valence-corrected chi connectivity index (χ4v) is 3.65. The van der Waals surface area contributed by atoms with Crippen LogP contribution in [0.4, 0.5) is 0 Å². The van der Waals surface area contributed by atoms with Crippen LogP contribution in [0.1, 0.15) is 42.9 Å². The Morgan fingerprint density at radius 2 is 2.00 bits per heavy atom. The van der Waals surface area contributed by atoms with E-state index in [9.17, 15) is 0 Å². The first-order valence-corrected chi connectivity index (χ1v) is 7.13. The predicted octanol–water partition coefficient (Wildman–Crippen LogP) is 3.11. The number of aryl methyl sites for hydroxylation is 1. The molecule has 1 saturated heterocycles. The molecule has 0 saturated carbocycles. The molecule has 1 aliphatic heterocycles. The van der Waals surface area contributed by atoms with Crippen LogP contribution in [0, 0.1) is 5.41 Å². The maximum absolute atomic E-state index is 3.55. The molecule has 1 aromatic rings. The second kappa shape index (κ2) is 4.45. The van der Waals surface area contributed by atoms with Crippen molar-refractivity contribution >= 4 is 0 Å². The summed E-state index contributed by atoms with van der Waals surface area (Å²) in [5.41, 5.74) is 5.38. The van der Waals surface area contributed by atoms with Gasteiger partial charge in [-0.3, -0.25) is 0 Å². The second-order valence-electron chi connectivity index (χ2n) is 5.91. The second-order valence-corrected chi connectivity index (χ2v) is 5.91. The molecular formula is C16H23N. The maximum Gasteiger partial charge on any atom is -0.00434 e. The minimum absolute atomic E-state index is 0.595. The van der Waals surface area contributed by atoms with Gasteiger partial charge in [0.2, 0.25) is 0 Å². The molecule has 0 radical (unpaired) electrons. The molecule has 0 aromatic heterocycles. The molecule has 1 spiro atoms. The highest BCUT2D eigenvalue weighted by molar-refractivity contribution is 5.38. The molecule has 17 heavy (non-hydrogen) atoms. The zero-order valence-corrected chi connectivity index (χ0v) is 10.9. The minimum atomic E-state index is 0.595. The smallest absolute Gasteiger partial charge is 0.00434 e. The highest BCUT2D eigenvalue weighted by Crippen LogP contribution is 2.43. The number of hydrogen-bond acceptors (Lipinski definition) is 1. The number of benzene rings is 1. The summed E-state index contributed by atoms with van der Waals surface area (Å²) in [4.78, 5) is 0. The van der Waals surface area contributed by atoms with Crippen molar-refractivity contribution < 1.29 is 0 Å². The summed E-state index contributed by atoms with van der Waals surface area (Å²) in [6.45, 7) is 4.69. The maximum atomic E-state index is 3.55. The molecule has 1 N–H and O–H groups in total. The number of rotatable bonds is 1. The van der Waals surface area contributed by atoms with Gasteiger partial charge in [0.05, 0.1) is 0 Å². The fourth-order valence-electron chi connectivity index (χ4n) is 3.65. The minimum Gasteiger partial charge on any atom is -0.317 e. The van der Waals surface area contributed by atoms with Gasteiger partial charge in [-0.15, -0.1) is 0 Å². The van der Waals surface area contributed by atoms with Gasteiger partial charge in [-0.1, -0.05) is 25.1 Å². The van der Waals surface area contributed by atoms with Gasteiger partial charge in [-0.25, -0.2) is 0 Å². The molecule has 1 atom stereocenters. The fraction of sp³-hybridized carbons (Fsp3) is 0.625. The van der Waals surface area contributed by atoms with E-state index in [0.29, 0.717) is 5.41 Å². The van der Waals surface area contributed by atoms with Crippen LogP contribution in [0.2, 0.25) is 0 Å². The Labute approximate surface area is 105 Å². The summed E-state index contributed by atoms with van der Waals surface area (Å²) in [6.07, 6.45) is 7.96. The van der Waals surface area contributed by atoms with Crippen LogP contribution in [-0.4, -0.2) is 13.1 Å². The molecule has 2 aliphatic rings. The lowest BCUT2D eigenvalue weighted by atomic mass is 9.78. The topological polar surface area (TPSA) is 12.0 Å². The Morgan fingerprint density at radius 3 is 2.88 bits per heavy atom. The van der Waals surface area contributed by atoms with E-state index >= 15 is 0 Å². The summed E-state index contributed by atoms with van der Waals surface area (Å²) >= 11 is 0. The third-order valence-corrected chi connectivity index (χ3v) is 4.70. The number of fused-ring (bicyclic) bond motifs is 1. The first kappa shape index (κ1) is 11.3. The molecular weight excluding hydrogens is 206 g/mol. The SMILES string of the molecule is CCc1ccc2c(c1)CC1(CCCNCC1)C2. The summed E-state index contributed by atoms with van der Waals surface area (Å²) in [7, 11) is 0. The Balaban J connectivity index is 1.85. The lowest BCUT2D eigenvalue weighted by molar-refractivity contribution is 0.268. The van der Waals surface area contributed by atoms with E-state index < -0.39 is 0 Å². The largest absolute Gasteiger partial charge is 0.317 e. The van der Waals surface area contributed by atoms with E-state index in [4.69, 9.17) is 0 Å². The third kappa shape index (κ3) is 2.13. The van der Waals surface area contributed by atoms with Crippen molar-refractivity contribution in [2.45, 2.75) is 45.4 Å². The normalized spacial score (nSPS) is 28.1. The van der Waals surface area contributed by atoms with Crippen LogP contribution in [0.5, 0.6) is 0 Å². The van der Waals surface area contributed by atoms with Crippen molar-refractivity contribution in [2.24, 2.45) is 5.41 Å². The van der Waals surface area contributed by atoms with Gasteiger partial charge in [0.15, 0.2) is 0 Å². The molecule has 1 heterocycles. The van der Waals surface area contributed by atoms with Crippen molar-refractivity contribution in [3.63, 3.8) is 0 Å². The van der Waals surface area contributed by atoms with E-state index in [1.807, 2.05) is 0 Å². The zero-order valence-electron chi connectivity index (χ0n) is 10.9. The molecule has 1 aliphatic carbocycles. The molecule has 0 amide bonds. The van der Waals surface area contributed by atoms with Gasteiger partial charge in [0.1, 0.15) is 0 Å². The van der Waals surface area contributed by atoms with Crippen molar-refractivity contribution in [3.8, 4) is 0 Å². The van der Waals surface area contributed by atoms with Gasteiger partial charge in [-0.05, 0) is 73.7 Å². The van der Waals surface area contributed by atoms with Gasteiger partial charge < -0.3 is 5.32 Å². The molecule has 92 valence electrons. The summed E-state index contributed by atoms with van der Waals surface area (Å²) in [6, 6.07) is 7.18. The number of nitrogens with one attached hydrogen (secondary N) is 1. The Morgan fingerprint density at radius 1 is 1.12 bits per heavy atom. The quantitative estimate of drug-likeness (QED) is 0.780. The molecule has 1 unspecified atom stereocenters. The van der Waals surface area contributed by atoms with Gasteiger partial charge in [0.25, 0.3) is 0 Å². The first-order valence-electron chi connectivity index (χ1n) is 7.13. The van der Waals surface area contributed by atoms with Crippen LogP contribution >= 0.6 is 0 Å². The summed E-state index contributed by atoms with van der Waals surface area (Å²) in [5.74, 6) is 0. The van der Waals surface area contributed by atoms with Crippen LogP contribution < -0.4 is 5.32 Å². The highest BCUT2D eigenvalue weighted by atomic mass is 14.9. The van der Waals surface area contributed by atoms with Crippen molar-refractivity contribution in [1.82, 2.24) is 5.32 Å². The van der Waals surface area contributed by atoms with E-state index in [-0.39, 0.29) is 0 Å². The summed E-state index contributed by atoms with van der Waals surface area (Å²) < 4.78 is 0. The van der Waals surface area contributed by atoms with Gasteiger partial charge >= 0.3 is 0 Å². The molecule has 1 aromatic carbocycles. The monoisotopic (exact) mass is 229 g/mol. The first-order chi connectivity index (χ1) is 8.31. The van der Waals surface area contributed by atoms with Crippen LogP contribution in [-0.2, 0) is 19.3 Å². The lowest BCUT2D eigenvalue weighted by Crippen LogP contribution is -2.23. The van der Waals surface area contributed by atoms with E-state index in [1.54, 1.807) is 11.1 Å². The third-order valence-electron chi connectivity index (χ3n) is 4.70. The van der Waals surface area contributed by atoms with E-state index in [1.165, 1.54) is 57.2 Å². The van der Waals surface area contributed by atoms with Crippen molar-refractivity contribution in [3.05, 3.63) is 34.9 Å². The van der Waals surface area contributed by atoms with Crippen LogP contribution in [0.3, 0.4) is 0 Å². The van der Waals surface area contributed by atoms with E-state index in [0.717, 1.165) is 0 Å². The Kier molecular flexibility index (Phi) is 2.96. The van der Waals surface area contributed by atoms with Crippen molar-refractivity contribution in [1.29, 1.82) is 0 Å². The standard InChI is InChI=1S/C16H23N/c1-2-13-4-5-14-11-16(12-15(14)10-13)6-3-8-17-9-7-16/h4-5,10,17H,2-3,6-9,11-12H2,1H3. The molecule has 0 bridgehead atoms. The predicted molar refractivity (Wildman–Crippen MR) is 72.4 cm³/mol. The molecule has 1 heteroatoms.